The average molecular weight is 367 g/mol. The summed E-state index contributed by atoms with van der Waals surface area (Å²) in [5, 5.41) is 5.53. The van der Waals surface area contributed by atoms with E-state index in [1.807, 2.05) is 0 Å². The van der Waals surface area contributed by atoms with Crippen molar-refractivity contribution in [3.8, 4) is 0 Å². The van der Waals surface area contributed by atoms with Crippen molar-refractivity contribution in [1.82, 2.24) is 5.32 Å². The molecule has 0 aliphatic heterocycles. The van der Waals surface area contributed by atoms with Gasteiger partial charge in [0.25, 0.3) is 0 Å². The molecule has 0 aliphatic rings. The largest absolute Gasteiger partial charge is 0.308 e. The lowest BCUT2D eigenvalue weighted by atomic mass is 10.3. The standard InChI is InChI=1S/C10H9Br2NS2/c11-9-4-7(10(12)15-9)5-13-6-8-2-1-3-14-8/h1-4,13H,5-6H2. The maximum absolute atomic E-state index is 3.55. The predicted octanol–water partition coefficient (Wildman–Crippen LogP) is 4.62. The molecule has 0 atom stereocenters. The van der Waals surface area contributed by atoms with Gasteiger partial charge in [0.15, 0.2) is 0 Å². The summed E-state index contributed by atoms with van der Waals surface area (Å²) in [7, 11) is 0. The minimum atomic E-state index is 0.903. The third-order valence-electron chi connectivity index (χ3n) is 1.92. The van der Waals surface area contributed by atoms with Gasteiger partial charge in [-0.25, -0.2) is 0 Å². The quantitative estimate of drug-likeness (QED) is 0.832. The summed E-state index contributed by atoms with van der Waals surface area (Å²) >= 11 is 10.5. The molecule has 2 aromatic heterocycles. The van der Waals surface area contributed by atoms with Crippen LogP contribution in [0.5, 0.6) is 0 Å². The molecule has 0 aromatic carbocycles. The fraction of sp³-hybridized carbons (Fsp3) is 0.200. The smallest absolute Gasteiger partial charge is 0.0755 e. The van der Waals surface area contributed by atoms with E-state index in [4.69, 9.17) is 0 Å². The molecule has 15 heavy (non-hydrogen) atoms. The van der Waals surface area contributed by atoms with Crippen molar-refractivity contribution in [1.29, 1.82) is 0 Å². The zero-order chi connectivity index (χ0) is 10.7. The monoisotopic (exact) mass is 365 g/mol. The second-order valence-corrected chi connectivity index (χ2v) is 7.81. The van der Waals surface area contributed by atoms with Crippen molar-refractivity contribution in [2.75, 3.05) is 0 Å². The molecule has 0 saturated heterocycles. The molecule has 2 heterocycles. The Morgan fingerprint density at radius 1 is 1.27 bits per heavy atom. The minimum absolute atomic E-state index is 0.903. The summed E-state index contributed by atoms with van der Waals surface area (Å²) < 4.78 is 2.37. The molecule has 0 aliphatic carbocycles. The molecule has 0 fully saturated rings. The van der Waals surface area contributed by atoms with Crippen LogP contribution in [0.2, 0.25) is 0 Å². The number of rotatable bonds is 4. The lowest BCUT2D eigenvalue weighted by Gasteiger charge is -2.01. The van der Waals surface area contributed by atoms with Crippen LogP contribution in [0.1, 0.15) is 10.4 Å². The van der Waals surface area contributed by atoms with Crippen LogP contribution in [0.4, 0.5) is 0 Å². The van der Waals surface area contributed by atoms with Crippen LogP contribution in [-0.4, -0.2) is 0 Å². The topological polar surface area (TPSA) is 12.0 Å². The molecule has 1 nitrogen and oxygen atoms in total. The second kappa shape index (κ2) is 5.59. The summed E-state index contributed by atoms with van der Waals surface area (Å²) in [5.41, 5.74) is 1.31. The van der Waals surface area contributed by atoms with Crippen LogP contribution >= 0.6 is 54.5 Å². The Morgan fingerprint density at radius 3 is 2.73 bits per heavy atom. The van der Waals surface area contributed by atoms with Gasteiger partial charge in [0, 0.05) is 18.0 Å². The van der Waals surface area contributed by atoms with Crippen molar-refractivity contribution in [3.63, 3.8) is 0 Å². The molecule has 1 N–H and O–H groups in total. The van der Waals surface area contributed by atoms with Gasteiger partial charge in [-0.3, -0.25) is 0 Å². The second-order valence-electron chi connectivity index (χ2n) is 3.03. The highest BCUT2D eigenvalue weighted by atomic mass is 79.9. The van der Waals surface area contributed by atoms with Gasteiger partial charge in [-0.1, -0.05) is 6.07 Å². The van der Waals surface area contributed by atoms with E-state index in [0.717, 1.165) is 13.1 Å². The first-order valence-electron chi connectivity index (χ1n) is 4.42. The Labute approximate surface area is 114 Å². The van der Waals surface area contributed by atoms with Gasteiger partial charge in [0.05, 0.1) is 7.57 Å². The lowest BCUT2D eigenvalue weighted by Crippen LogP contribution is -2.11. The first-order valence-corrected chi connectivity index (χ1v) is 7.71. The van der Waals surface area contributed by atoms with E-state index in [2.05, 4.69) is 60.8 Å². The van der Waals surface area contributed by atoms with Gasteiger partial charge in [-0.15, -0.1) is 22.7 Å². The van der Waals surface area contributed by atoms with Gasteiger partial charge >= 0.3 is 0 Å². The van der Waals surface area contributed by atoms with Crippen LogP contribution < -0.4 is 5.32 Å². The summed E-state index contributed by atoms with van der Waals surface area (Å²) in [6, 6.07) is 6.38. The predicted molar refractivity (Wildman–Crippen MR) is 74.6 cm³/mol. The highest BCUT2D eigenvalue weighted by Gasteiger charge is 2.04. The Hall–Kier alpha value is 0.320. The van der Waals surface area contributed by atoms with Crippen molar-refractivity contribution in [2.45, 2.75) is 13.1 Å². The fourth-order valence-corrected chi connectivity index (χ4v) is 4.73. The molecule has 0 saturated carbocycles. The molecule has 0 unspecified atom stereocenters. The van der Waals surface area contributed by atoms with Crippen LogP contribution in [0.3, 0.4) is 0 Å². The Morgan fingerprint density at radius 2 is 2.13 bits per heavy atom. The Balaban J connectivity index is 1.86. The third kappa shape index (κ3) is 3.39. The van der Waals surface area contributed by atoms with Crippen molar-refractivity contribution in [3.05, 3.63) is 41.6 Å². The fourth-order valence-electron chi connectivity index (χ4n) is 1.23. The number of halogens is 2. The summed E-state index contributed by atoms with van der Waals surface area (Å²) in [6.07, 6.45) is 0. The van der Waals surface area contributed by atoms with E-state index in [0.29, 0.717) is 0 Å². The van der Waals surface area contributed by atoms with Crippen molar-refractivity contribution < 1.29 is 0 Å². The number of thiophene rings is 2. The van der Waals surface area contributed by atoms with Gasteiger partial charge < -0.3 is 5.32 Å². The molecule has 0 spiro atoms. The summed E-state index contributed by atoms with van der Waals surface area (Å²) in [6.45, 7) is 1.85. The molecular formula is C10H9Br2NS2. The first kappa shape index (κ1) is 11.8. The SMILES string of the molecule is Brc1cc(CNCc2cccs2)c(Br)s1. The maximum atomic E-state index is 3.55. The summed E-state index contributed by atoms with van der Waals surface area (Å²) in [5.74, 6) is 0. The van der Waals surface area contributed by atoms with E-state index >= 15 is 0 Å². The van der Waals surface area contributed by atoms with Gasteiger partial charge in [0.1, 0.15) is 0 Å². The molecule has 2 aromatic rings. The Bertz CT molecular complexity index is 423. The van der Waals surface area contributed by atoms with E-state index in [1.165, 1.54) is 18.0 Å². The Kier molecular flexibility index (Phi) is 4.40. The van der Waals surface area contributed by atoms with Gasteiger partial charge in [-0.05, 0) is 54.9 Å². The number of nitrogens with one attached hydrogen (secondary N) is 1. The molecule has 0 radical (unpaired) electrons. The highest BCUT2D eigenvalue weighted by Crippen LogP contribution is 2.31. The normalized spacial score (nSPS) is 10.8. The van der Waals surface area contributed by atoms with Gasteiger partial charge in [-0.2, -0.15) is 0 Å². The summed E-state index contributed by atoms with van der Waals surface area (Å²) in [4.78, 5) is 1.38. The molecule has 80 valence electrons. The van der Waals surface area contributed by atoms with Crippen LogP contribution in [0, 0.1) is 0 Å². The van der Waals surface area contributed by atoms with E-state index in [-0.39, 0.29) is 0 Å². The van der Waals surface area contributed by atoms with E-state index < -0.39 is 0 Å². The first-order chi connectivity index (χ1) is 7.25. The lowest BCUT2D eigenvalue weighted by molar-refractivity contribution is 0.701. The van der Waals surface area contributed by atoms with E-state index in [9.17, 15) is 0 Å². The highest BCUT2D eigenvalue weighted by molar-refractivity contribution is 9.12. The van der Waals surface area contributed by atoms with Crippen LogP contribution in [-0.2, 0) is 13.1 Å². The molecule has 2 rings (SSSR count). The van der Waals surface area contributed by atoms with Gasteiger partial charge in [0.2, 0.25) is 0 Å². The van der Waals surface area contributed by atoms with E-state index in [1.54, 1.807) is 22.7 Å². The van der Waals surface area contributed by atoms with Crippen LogP contribution in [0.25, 0.3) is 0 Å². The number of hydrogen-bond acceptors (Lipinski definition) is 3. The molecular weight excluding hydrogens is 358 g/mol. The average Bonchev–Trinajstić information content (AvgIpc) is 2.77. The maximum Gasteiger partial charge on any atom is 0.0755 e. The van der Waals surface area contributed by atoms with Crippen molar-refractivity contribution in [2.24, 2.45) is 0 Å². The molecule has 5 heteroatoms. The zero-order valence-electron chi connectivity index (χ0n) is 7.80. The number of hydrogen-bond donors (Lipinski definition) is 1. The van der Waals surface area contributed by atoms with Crippen molar-refractivity contribution >= 4 is 54.5 Å². The zero-order valence-corrected chi connectivity index (χ0v) is 12.6. The minimum Gasteiger partial charge on any atom is -0.308 e. The van der Waals surface area contributed by atoms with Crippen LogP contribution in [0.15, 0.2) is 31.2 Å². The molecule has 0 amide bonds. The molecule has 0 bridgehead atoms. The third-order valence-corrected chi connectivity index (χ3v) is 5.26.